The average molecular weight is 341 g/mol. The highest BCUT2D eigenvalue weighted by atomic mass is 35.5. The normalized spacial score (nSPS) is 18.3. The Morgan fingerprint density at radius 3 is 2.92 bits per heavy atom. The van der Waals surface area contributed by atoms with E-state index in [0.29, 0.717) is 17.6 Å². The molecule has 0 amide bonds. The van der Waals surface area contributed by atoms with E-state index >= 15 is 0 Å². The summed E-state index contributed by atoms with van der Waals surface area (Å²) in [5.41, 5.74) is 1.60. The summed E-state index contributed by atoms with van der Waals surface area (Å²) in [7, 11) is 0. The Balaban J connectivity index is 1.48. The monoisotopic (exact) mass is 340 g/mol. The third-order valence-corrected chi connectivity index (χ3v) is 4.83. The van der Waals surface area contributed by atoms with E-state index in [4.69, 9.17) is 11.6 Å². The molecule has 122 valence electrons. The largest absolute Gasteiger partial charge is 0.299 e. The van der Waals surface area contributed by atoms with Gasteiger partial charge < -0.3 is 0 Å². The highest BCUT2D eigenvalue weighted by Crippen LogP contribution is 2.28. The van der Waals surface area contributed by atoms with Crippen LogP contribution in [0, 0.1) is 0 Å². The second kappa shape index (κ2) is 6.34. The van der Waals surface area contributed by atoms with E-state index in [0.717, 1.165) is 36.4 Å². The minimum atomic E-state index is 0.163. The van der Waals surface area contributed by atoms with Gasteiger partial charge in [-0.3, -0.25) is 14.1 Å². The molecule has 1 aromatic carbocycles. The standard InChI is InChI=1S/C18H17ClN4O/c19-17-15-10-21-18(23(15)9-7-20-17)14-6-8-22(11-14)12-16(24)13-4-2-1-3-5-13/h1-5,7,9-10,14H,6,8,11-12H2/t14-/m0/s1. The lowest BCUT2D eigenvalue weighted by Crippen LogP contribution is -2.27. The predicted molar refractivity (Wildman–Crippen MR) is 92.6 cm³/mol. The Bertz CT molecular complexity index is 877. The second-order valence-electron chi connectivity index (χ2n) is 6.10. The first kappa shape index (κ1) is 15.3. The van der Waals surface area contributed by atoms with Crippen molar-refractivity contribution in [3.05, 3.63) is 65.5 Å². The quantitative estimate of drug-likeness (QED) is 0.685. The molecule has 0 radical (unpaired) electrons. The number of fused-ring (bicyclic) bond motifs is 1. The van der Waals surface area contributed by atoms with Crippen molar-refractivity contribution in [2.24, 2.45) is 0 Å². The molecule has 1 saturated heterocycles. The number of hydrogen-bond acceptors (Lipinski definition) is 4. The fourth-order valence-electron chi connectivity index (χ4n) is 3.32. The van der Waals surface area contributed by atoms with Gasteiger partial charge in [0.15, 0.2) is 10.9 Å². The van der Waals surface area contributed by atoms with Crippen LogP contribution >= 0.6 is 11.6 Å². The van der Waals surface area contributed by atoms with E-state index < -0.39 is 0 Å². The molecular weight excluding hydrogens is 324 g/mol. The summed E-state index contributed by atoms with van der Waals surface area (Å²) in [6, 6.07) is 9.45. The maximum absolute atomic E-state index is 12.4. The van der Waals surface area contributed by atoms with Crippen molar-refractivity contribution in [3.63, 3.8) is 0 Å². The molecule has 0 bridgehead atoms. The summed E-state index contributed by atoms with van der Waals surface area (Å²) in [5, 5.41) is 0.463. The smallest absolute Gasteiger partial charge is 0.176 e. The predicted octanol–water partition coefficient (Wildman–Crippen LogP) is 3.05. The van der Waals surface area contributed by atoms with E-state index in [1.807, 2.05) is 40.9 Å². The minimum Gasteiger partial charge on any atom is -0.299 e. The molecule has 1 atom stereocenters. The van der Waals surface area contributed by atoms with Crippen molar-refractivity contribution in [2.45, 2.75) is 12.3 Å². The van der Waals surface area contributed by atoms with Crippen LogP contribution < -0.4 is 0 Å². The van der Waals surface area contributed by atoms with Gasteiger partial charge in [0.05, 0.1) is 12.7 Å². The lowest BCUT2D eigenvalue weighted by molar-refractivity contribution is 0.0944. The van der Waals surface area contributed by atoms with E-state index in [9.17, 15) is 4.79 Å². The molecule has 0 saturated carbocycles. The Morgan fingerprint density at radius 1 is 1.25 bits per heavy atom. The molecule has 24 heavy (non-hydrogen) atoms. The van der Waals surface area contributed by atoms with Crippen LogP contribution in [0.5, 0.6) is 0 Å². The van der Waals surface area contributed by atoms with Crippen LogP contribution in [0.4, 0.5) is 0 Å². The van der Waals surface area contributed by atoms with Crippen LogP contribution in [0.3, 0.4) is 0 Å². The zero-order valence-corrected chi connectivity index (χ0v) is 13.9. The Morgan fingerprint density at radius 2 is 2.08 bits per heavy atom. The van der Waals surface area contributed by atoms with Crippen molar-refractivity contribution in [2.75, 3.05) is 19.6 Å². The van der Waals surface area contributed by atoms with Gasteiger partial charge in [-0.25, -0.2) is 9.97 Å². The number of likely N-dealkylation sites (tertiary alicyclic amines) is 1. The number of ketones is 1. The number of hydrogen-bond donors (Lipinski definition) is 0. The summed E-state index contributed by atoms with van der Waals surface area (Å²) in [6.07, 6.45) is 6.33. The molecule has 3 aromatic rings. The molecule has 2 aromatic heterocycles. The summed E-state index contributed by atoms with van der Waals surface area (Å²) in [4.78, 5) is 23.2. The van der Waals surface area contributed by atoms with Gasteiger partial charge in [-0.05, 0) is 13.0 Å². The molecule has 0 unspecified atom stereocenters. The molecule has 3 heterocycles. The van der Waals surface area contributed by atoms with Crippen molar-refractivity contribution < 1.29 is 4.79 Å². The molecule has 1 fully saturated rings. The van der Waals surface area contributed by atoms with Gasteiger partial charge in [0.2, 0.25) is 0 Å². The number of carbonyl (C=O) groups excluding carboxylic acids is 1. The second-order valence-corrected chi connectivity index (χ2v) is 6.46. The minimum absolute atomic E-state index is 0.163. The van der Waals surface area contributed by atoms with E-state index in [-0.39, 0.29) is 5.78 Å². The third kappa shape index (κ3) is 2.81. The van der Waals surface area contributed by atoms with Gasteiger partial charge in [-0.2, -0.15) is 0 Å². The fraction of sp³-hybridized carbons (Fsp3) is 0.278. The van der Waals surface area contributed by atoms with Crippen molar-refractivity contribution in [3.8, 4) is 0 Å². The highest BCUT2D eigenvalue weighted by molar-refractivity contribution is 6.32. The first-order valence-electron chi connectivity index (χ1n) is 8.00. The summed E-state index contributed by atoms with van der Waals surface area (Å²) >= 11 is 6.12. The van der Waals surface area contributed by atoms with Gasteiger partial charge in [0.1, 0.15) is 11.3 Å². The van der Waals surface area contributed by atoms with Gasteiger partial charge >= 0.3 is 0 Å². The molecular formula is C18H17ClN4O. The zero-order valence-electron chi connectivity index (χ0n) is 13.1. The van der Waals surface area contributed by atoms with Crippen LogP contribution in [0.2, 0.25) is 5.15 Å². The Kier molecular flexibility index (Phi) is 4.04. The first-order valence-corrected chi connectivity index (χ1v) is 8.38. The van der Waals surface area contributed by atoms with Crippen LogP contribution in [-0.4, -0.2) is 44.7 Å². The number of Topliss-reactive ketones (excluding diaryl/α,β-unsaturated/α-hetero) is 1. The molecule has 0 spiro atoms. The van der Waals surface area contributed by atoms with Crippen LogP contribution in [0.1, 0.15) is 28.5 Å². The third-order valence-electron chi connectivity index (χ3n) is 4.54. The maximum Gasteiger partial charge on any atom is 0.176 e. The molecule has 0 aliphatic carbocycles. The fourth-order valence-corrected chi connectivity index (χ4v) is 3.52. The highest BCUT2D eigenvalue weighted by Gasteiger charge is 2.28. The Labute approximate surface area is 144 Å². The Hall–Kier alpha value is -2.24. The molecule has 1 aliphatic heterocycles. The van der Waals surface area contributed by atoms with E-state index in [1.165, 1.54) is 0 Å². The number of halogens is 1. The molecule has 5 nitrogen and oxygen atoms in total. The van der Waals surface area contributed by atoms with Crippen molar-refractivity contribution in [1.29, 1.82) is 0 Å². The summed E-state index contributed by atoms with van der Waals surface area (Å²) in [5.74, 6) is 1.45. The lowest BCUT2D eigenvalue weighted by Gasteiger charge is -2.15. The van der Waals surface area contributed by atoms with Crippen LogP contribution in [-0.2, 0) is 0 Å². The van der Waals surface area contributed by atoms with E-state index in [2.05, 4.69) is 14.9 Å². The summed E-state index contributed by atoms with van der Waals surface area (Å²) < 4.78 is 2.00. The molecule has 1 aliphatic rings. The number of carbonyl (C=O) groups is 1. The van der Waals surface area contributed by atoms with Crippen molar-refractivity contribution in [1.82, 2.24) is 19.3 Å². The summed E-state index contributed by atoms with van der Waals surface area (Å²) in [6.45, 7) is 2.18. The number of benzene rings is 1. The lowest BCUT2D eigenvalue weighted by atomic mass is 10.1. The van der Waals surface area contributed by atoms with Crippen LogP contribution in [0.15, 0.2) is 48.9 Å². The number of rotatable bonds is 4. The average Bonchev–Trinajstić information content (AvgIpc) is 3.23. The molecule has 0 N–H and O–H groups in total. The molecule has 6 heteroatoms. The maximum atomic E-state index is 12.4. The topological polar surface area (TPSA) is 50.5 Å². The van der Waals surface area contributed by atoms with Crippen molar-refractivity contribution >= 4 is 22.9 Å². The van der Waals surface area contributed by atoms with Crippen LogP contribution in [0.25, 0.3) is 5.52 Å². The van der Waals surface area contributed by atoms with Gasteiger partial charge in [0.25, 0.3) is 0 Å². The number of nitrogens with zero attached hydrogens (tertiary/aromatic N) is 4. The zero-order chi connectivity index (χ0) is 16.5. The molecule has 4 rings (SSSR count). The number of aromatic nitrogens is 3. The van der Waals surface area contributed by atoms with Gasteiger partial charge in [-0.1, -0.05) is 41.9 Å². The SMILES string of the molecule is O=C(CN1CC[C@H](c2ncc3c(Cl)nccn23)C1)c1ccccc1. The van der Waals surface area contributed by atoms with Gasteiger partial charge in [-0.15, -0.1) is 0 Å². The van der Waals surface area contributed by atoms with Gasteiger partial charge in [0, 0.05) is 30.4 Å². The van der Waals surface area contributed by atoms with E-state index in [1.54, 1.807) is 12.4 Å². The first-order chi connectivity index (χ1) is 11.7. The number of imidazole rings is 1.